The molecule has 38 heavy (non-hydrogen) atoms. The van der Waals surface area contributed by atoms with E-state index in [1.54, 1.807) is 0 Å². The lowest BCUT2D eigenvalue weighted by molar-refractivity contribution is -0.122. The number of benzene rings is 2. The third kappa shape index (κ3) is 7.95. The molecule has 5 nitrogen and oxygen atoms in total. The minimum Gasteiger partial charge on any atom is -0.390 e. The Morgan fingerprint density at radius 3 is 2.58 bits per heavy atom. The van der Waals surface area contributed by atoms with Crippen LogP contribution in [0, 0.1) is 17.6 Å². The van der Waals surface area contributed by atoms with Crippen LogP contribution < -0.4 is 10.6 Å². The van der Waals surface area contributed by atoms with Crippen molar-refractivity contribution in [3.8, 4) is 0 Å². The highest BCUT2D eigenvalue weighted by molar-refractivity contribution is 5.76. The van der Waals surface area contributed by atoms with Gasteiger partial charge in [0.1, 0.15) is 11.6 Å². The Morgan fingerprint density at radius 1 is 1.03 bits per heavy atom. The SMILES string of the molecule is CC(C)Cc1ccc2c(c1)[C@@H]1C[C@H]2OCC=CCCCCC(=O)N[C@@H](Cc2cc(F)cc(F)c2)[C@H](O)CN1. The molecule has 0 fully saturated rings. The fourth-order valence-electron chi connectivity index (χ4n) is 5.49. The van der Waals surface area contributed by atoms with Gasteiger partial charge in [0.2, 0.25) is 5.91 Å². The number of fused-ring (bicyclic) bond motifs is 5. The number of carbonyl (C=O) groups excluding carboxylic acids is 1. The zero-order chi connectivity index (χ0) is 27.1. The Balaban J connectivity index is 1.56. The highest BCUT2D eigenvalue weighted by atomic mass is 19.1. The second kappa shape index (κ2) is 13.5. The molecule has 7 heteroatoms. The molecule has 1 aliphatic heterocycles. The summed E-state index contributed by atoms with van der Waals surface area (Å²) in [5, 5.41) is 17.6. The Kier molecular flexibility index (Phi) is 10.1. The first-order chi connectivity index (χ1) is 18.3. The second-order valence-electron chi connectivity index (χ2n) is 11.0. The van der Waals surface area contributed by atoms with Crippen molar-refractivity contribution in [3.63, 3.8) is 0 Å². The lowest BCUT2D eigenvalue weighted by atomic mass is 9.97. The normalized spacial score (nSPS) is 25.2. The number of carbonyl (C=O) groups is 1. The van der Waals surface area contributed by atoms with E-state index in [0.29, 0.717) is 30.9 Å². The third-order valence-corrected chi connectivity index (χ3v) is 7.31. The number of aliphatic hydroxyl groups excluding tert-OH is 1. The van der Waals surface area contributed by atoms with Gasteiger partial charge in [-0.3, -0.25) is 4.79 Å². The van der Waals surface area contributed by atoms with Gasteiger partial charge in [-0.15, -0.1) is 0 Å². The van der Waals surface area contributed by atoms with E-state index in [1.165, 1.54) is 28.8 Å². The van der Waals surface area contributed by atoms with Crippen LogP contribution in [0.5, 0.6) is 0 Å². The molecule has 0 aromatic heterocycles. The molecule has 0 saturated heterocycles. The van der Waals surface area contributed by atoms with E-state index in [4.69, 9.17) is 4.74 Å². The van der Waals surface area contributed by atoms with Crippen molar-refractivity contribution in [1.29, 1.82) is 0 Å². The average molecular weight is 527 g/mol. The first-order valence-electron chi connectivity index (χ1n) is 13.8. The molecule has 2 aromatic rings. The minimum atomic E-state index is -0.954. The highest BCUT2D eigenvalue weighted by Crippen LogP contribution is 2.41. The number of amides is 1. The van der Waals surface area contributed by atoms with Crippen LogP contribution in [0.25, 0.3) is 0 Å². The largest absolute Gasteiger partial charge is 0.390 e. The van der Waals surface area contributed by atoms with Crippen molar-refractivity contribution in [1.82, 2.24) is 10.6 Å². The maximum Gasteiger partial charge on any atom is 0.220 e. The van der Waals surface area contributed by atoms with Crippen LogP contribution in [0.2, 0.25) is 0 Å². The summed E-state index contributed by atoms with van der Waals surface area (Å²) >= 11 is 0. The predicted octanol–water partition coefficient (Wildman–Crippen LogP) is 5.47. The highest BCUT2D eigenvalue weighted by Gasteiger charge is 2.33. The number of aliphatic hydroxyl groups is 1. The quantitative estimate of drug-likeness (QED) is 0.462. The molecule has 2 aliphatic rings. The minimum absolute atomic E-state index is 0.0145. The summed E-state index contributed by atoms with van der Waals surface area (Å²) in [7, 11) is 0. The number of β-amino-alcohol motifs (C(OH)–C–C–N with tert-alkyl or cyclic N) is 1. The van der Waals surface area contributed by atoms with Crippen molar-refractivity contribution in [2.45, 2.75) is 83.1 Å². The molecule has 1 aliphatic carbocycles. The van der Waals surface area contributed by atoms with Crippen molar-refractivity contribution < 1.29 is 23.4 Å². The second-order valence-corrected chi connectivity index (χ2v) is 11.0. The number of hydrogen-bond acceptors (Lipinski definition) is 4. The lowest BCUT2D eigenvalue weighted by Crippen LogP contribution is -2.49. The summed E-state index contributed by atoms with van der Waals surface area (Å²) in [5.74, 6) is -0.994. The van der Waals surface area contributed by atoms with Gasteiger partial charge in [-0.05, 0) is 78.8 Å². The van der Waals surface area contributed by atoms with Crippen molar-refractivity contribution >= 4 is 5.91 Å². The fourth-order valence-corrected chi connectivity index (χ4v) is 5.49. The predicted molar refractivity (Wildman–Crippen MR) is 145 cm³/mol. The van der Waals surface area contributed by atoms with Crippen LogP contribution >= 0.6 is 0 Å². The van der Waals surface area contributed by atoms with Crippen LogP contribution in [0.3, 0.4) is 0 Å². The Labute approximate surface area is 224 Å². The van der Waals surface area contributed by atoms with Gasteiger partial charge in [0.25, 0.3) is 0 Å². The molecular formula is C31H40F2N2O3. The van der Waals surface area contributed by atoms with Gasteiger partial charge in [-0.1, -0.05) is 44.2 Å². The monoisotopic (exact) mass is 526 g/mol. The summed E-state index contributed by atoms with van der Waals surface area (Å²) in [6.45, 7) is 5.14. The summed E-state index contributed by atoms with van der Waals surface area (Å²) in [5.41, 5.74) is 4.00. The van der Waals surface area contributed by atoms with Gasteiger partial charge < -0.3 is 20.5 Å². The molecule has 0 saturated carbocycles. The van der Waals surface area contributed by atoms with E-state index in [1.807, 2.05) is 6.08 Å². The Morgan fingerprint density at radius 2 is 1.82 bits per heavy atom. The molecule has 3 N–H and O–H groups in total. The van der Waals surface area contributed by atoms with E-state index < -0.39 is 23.8 Å². The van der Waals surface area contributed by atoms with Gasteiger partial charge in [0, 0.05) is 25.1 Å². The number of allylic oxidation sites excluding steroid dienone is 1. The topological polar surface area (TPSA) is 70.6 Å². The Hall–Kier alpha value is -2.61. The number of nitrogens with one attached hydrogen (secondary N) is 2. The van der Waals surface area contributed by atoms with Crippen LogP contribution in [0.4, 0.5) is 8.78 Å². The fraction of sp³-hybridized carbons (Fsp3) is 0.516. The molecule has 4 atom stereocenters. The van der Waals surface area contributed by atoms with Gasteiger partial charge in [0.15, 0.2) is 0 Å². The van der Waals surface area contributed by atoms with Crippen molar-refractivity contribution in [3.05, 3.63) is 82.4 Å². The number of hydrogen-bond donors (Lipinski definition) is 3. The van der Waals surface area contributed by atoms with Crippen LogP contribution in [0.15, 0.2) is 48.6 Å². The van der Waals surface area contributed by atoms with Crippen LogP contribution in [-0.4, -0.2) is 36.3 Å². The molecule has 0 unspecified atom stereocenters. The smallest absolute Gasteiger partial charge is 0.220 e. The summed E-state index contributed by atoms with van der Waals surface area (Å²) in [4.78, 5) is 12.7. The maximum absolute atomic E-state index is 13.8. The van der Waals surface area contributed by atoms with Crippen molar-refractivity contribution in [2.24, 2.45) is 5.92 Å². The maximum atomic E-state index is 13.8. The zero-order valence-corrected chi connectivity index (χ0v) is 22.4. The summed E-state index contributed by atoms with van der Waals surface area (Å²) < 4.78 is 33.9. The summed E-state index contributed by atoms with van der Waals surface area (Å²) in [6.07, 6.45) is 7.75. The summed E-state index contributed by atoms with van der Waals surface area (Å²) in [6, 6.07) is 9.19. The molecular weight excluding hydrogens is 486 g/mol. The number of halogens is 2. The van der Waals surface area contributed by atoms with E-state index in [9.17, 15) is 18.7 Å². The third-order valence-electron chi connectivity index (χ3n) is 7.31. The Bertz CT molecular complexity index is 1100. The molecule has 1 amide bonds. The van der Waals surface area contributed by atoms with E-state index in [0.717, 1.165) is 31.7 Å². The van der Waals surface area contributed by atoms with Crippen LogP contribution in [-0.2, 0) is 22.4 Å². The van der Waals surface area contributed by atoms with Gasteiger partial charge in [0.05, 0.1) is 24.9 Å². The molecule has 4 rings (SSSR count). The molecule has 0 spiro atoms. The van der Waals surface area contributed by atoms with Gasteiger partial charge in [-0.25, -0.2) is 8.78 Å². The molecule has 2 bridgehead atoms. The van der Waals surface area contributed by atoms with Gasteiger partial charge in [-0.2, -0.15) is 0 Å². The van der Waals surface area contributed by atoms with E-state index in [2.05, 4.69) is 48.8 Å². The lowest BCUT2D eigenvalue weighted by Gasteiger charge is -2.26. The molecule has 206 valence electrons. The molecule has 2 aromatic carbocycles. The molecule has 1 heterocycles. The van der Waals surface area contributed by atoms with Crippen LogP contribution in [0.1, 0.15) is 80.4 Å². The van der Waals surface area contributed by atoms with E-state index in [-0.39, 0.29) is 31.0 Å². The van der Waals surface area contributed by atoms with Crippen molar-refractivity contribution in [2.75, 3.05) is 13.2 Å². The first-order valence-corrected chi connectivity index (χ1v) is 13.8. The average Bonchev–Trinajstić information content (AvgIpc) is 3.19. The number of rotatable bonds is 4. The standard InChI is InChI=1S/C31H40F2N2O3/c1-20(2)12-21-9-10-25-26(15-21)27-18-30(25)38-11-7-5-3-4-6-8-31(37)35-28(29(36)19-34-27)16-22-13-23(32)17-24(33)14-22/h5,7,9-10,13-15,17,20,27-30,34,36H,3-4,6,8,11-12,16,18-19H2,1-2H3,(H,35,37)/t27-,28-,29+,30+/m0/s1. The number of ether oxygens (including phenoxy) is 1. The van der Waals surface area contributed by atoms with E-state index >= 15 is 0 Å². The van der Waals surface area contributed by atoms with Gasteiger partial charge >= 0.3 is 0 Å². The first kappa shape index (κ1) is 28.4. The zero-order valence-electron chi connectivity index (χ0n) is 22.4. The molecule has 0 radical (unpaired) electrons.